The summed E-state index contributed by atoms with van der Waals surface area (Å²) >= 11 is 5.02. The van der Waals surface area contributed by atoms with Gasteiger partial charge in [0.2, 0.25) is 0 Å². The van der Waals surface area contributed by atoms with Crippen molar-refractivity contribution in [1.82, 2.24) is 5.32 Å². The second-order valence-electron chi connectivity index (χ2n) is 6.37. The van der Waals surface area contributed by atoms with Crippen molar-refractivity contribution in [3.63, 3.8) is 0 Å². The number of nitrogens with one attached hydrogen (secondary N) is 2. The second kappa shape index (κ2) is 10.8. The fourth-order valence-electron chi connectivity index (χ4n) is 2.61. The Labute approximate surface area is 188 Å². The number of benzene rings is 3. The van der Waals surface area contributed by atoms with Gasteiger partial charge in [0.25, 0.3) is 11.6 Å². The standard InChI is InChI=1S/C22H18FN3O5S/c23-19-10-9-16(26(28)29)14-20(19)24-22(32)25-21(27)15-5-4-8-18(13-15)31-12-11-30-17-6-2-1-3-7-17/h1-10,13-14H,11-12H2,(H2,24,25,27,32). The molecule has 0 saturated carbocycles. The molecule has 0 heterocycles. The molecule has 32 heavy (non-hydrogen) atoms. The van der Waals surface area contributed by atoms with E-state index in [1.165, 1.54) is 6.07 Å². The van der Waals surface area contributed by atoms with Gasteiger partial charge in [0, 0.05) is 17.7 Å². The molecule has 0 unspecified atom stereocenters. The SMILES string of the molecule is O=C(NC(=S)Nc1cc([N+](=O)[O-])ccc1F)c1cccc(OCCOc2ccccc2)c1. The predicted octanol–water partition coefficient (Wildman–Crippen LogP) is 4.32. The first-order valence-corrected chi connectivity index (χ1v) is 9.80. The quantitative estimate of drug-likeness (QED) is 0.226. The van der Waals surface area contributed by atoms with Gasteiger partial charge in [-0.3, -0.25) is 20.2 Å². The molecule has 0 aliphatic carbocycles. The molecule has 0 aromatic heterocycles. The Kier molecular flexibility index (Phi) is 7.65. The number of ether oxygens (including phenoxy) is 2. The number of non-ortho nitro benzene ring substituents is 1. The van der Waals surface area contributed by atoms with Gasteiger partial charge in [0.05, 0.1) is 10.6 Å². The zero-order valence-electron chi connectivity index (χ0n) is 16.6. The third kappa shape index (κ3) is 6.47. The lowest BCUT2D eigenvalue weighted by Gasteiger charge is -2.11. The molecule has 0 aliphatic rings. The maximum absolute atomic E-state index is 13.9. The van der Waals surface area contributed by atoms with Crippen LogP contribution in [0.2, 0.25) is 0 Å². The van der Waals surface area contributed by atoms with Gasteiger partial charge >= 0.3 is 0 Å². The first kappa shape index (κ1) is 22.6. The Morgan fingerprint density at radius 1 is 0.969 bits per heavy atom. The minimum Gasteiger partial charge on any atom is -0.490 e. The van der Waals surface area contributed by atoms with Crippen LogP contribution in [0.1, 0.15) is 10.4 Å². The van der Waals surface area contributed by atoms with Gasteiger partial charge in [-0.25, -0.2) is 4.39 Å². The molecule has 0 bridgehead atoms. The first-order chi connectivity index (χ1) is 15.4. The van der Waals surface area contributed by atoms with E-state index in [0.717, 1.165) is 23.9 Å². The number of nitro benzene ring substituents is 1. The van der Waals surface area contributed by atoms with Gasteiger partial charge in [0.1, 0.15) is 30.5 Å². The number of amides is 1. The monoisotopic (exact) mass is 455 g/mol. The van der Waals surface area contributed by atoms with Crippen molar-refractivity contribution >= 4 is 34.6 Å². The Hall–Kier alpha value is -4.05. The van der Waals surface area contributed by atoms with Crippen LogP contribution in [0.25, 0.3) is 0 Å². The van der Waals surface area contributed by atoms with Crippen molar-refractivity contribution < 1.29 is 23.6 Å². The zero-order valence-corrected chi connectivity index (χ0v) is 17.4. The van der Waals surface area contributed by atoms with Crippen LogP contribution >= 0.6 is 12.2 Å². The Morgan fingerprint density at radius 3 is 2.38 bits per heavy atom. The molecule has 0 radical (unpaired) electrons. The van der Waals surface area contributed by atoms with Crippen LogP contribution in [0.15, 0.2) is 72.8 Å². The van der Waals surface area contributed by atoms with Crippen LogP contribution in [0.5, 0.6) is 11.5 Å². The van der Waals surface area contributed by atoms with Gasteiger partial charge in [-0.1, -0.05) is 24.3 Å². The second-order valence-corrected chi connectivity index (χ2v) is 6.78. The molecule has 8 nitrogen and oxygen atoms in total. The average Bonchev–Trinajstić information content (AvgIpc) is 2.79. The van der Waals surface area contributed by atoms with Gasteiger partial charge in [-0.05, 0) is 48.6 Å². The van der Waals surface area contributed by atoms with Crippen molar-refractivity contribution in [3.8, 4) is 11.5 Å². The number of halogens is 1. The van der Waals surface area contributed by atoms with E-state index in [1.807, 2.05) is 30.3 Å². The largest absolute Gasteiger partial charge is 0.490 e. The van der Waals surface area contributed by atoms with Gasteiger partial charge in [-0.2, -0.15) is 0 Å². The fraction of sp³-hybridized carbons (Fsp3) is 0.0909. The summed E-state index contributed by atoms with van der Waals surface area (Å²) in [6.07, 6.45) is 0. The molecule has 164 valence electrons. The summed E-state index contributed by atoms with van der Waals surface area (Å²) in [5.74, 6) is -0.122. The van der Waals surface area contributed by atoms with Crippen LogP contribution in [0.4, 0.5) is 15.8 Å². The smallest absolute Gasteiger partial charge is 0.271 e. The highest BCUT2D eigenvalue weighted by atomic mass is 32.1. The highest BCUT2D eigenvalue weighted by Gasteiger charge is 2.14. The maximum atomic E-state index is 13.9. The Balaban J connectivity index is 1.53. The van der Waals surface area contributed by atoms with E-state index >= 15 is 0 Å². The lowest BCUT2D eigenvalue weighted by molar-refractivity contribution is -0.384. The average molecular weight is 455 g/mol. The van der Waals surface area contributed by atoms with Crippen molar-refractivity contribution in [1.29, 1.82) is 0 Å². The Morgan fingerprint density at radius 2 is 1.66 bits per heavy atom. The molecule has 0 saturated heterocycles. The molecule has 0 spiro atoms. The van der Waals surface area contributed by atoms with Gasteiger partial charge in [-0.15, -0.1) is 0 Å². The van der Waals surface area contributed by atoms with Crippen LogP contribution in [0, 0.1) is 15.9 Å². The van der Waals surface area contributed by atoms with Crippen LogP contribution < -0.4 is 20.1 Å². The summed E-state index contributed by atoms with van der Waals surface area (Å²) < 4.78 is 25.0. The normalized spacial score (nSPS) is 10.2. The summed E-state index contributed by atoms with van der Waals surface area (Å²) in [4.78, 5) is 22.6. The van der Waals surface area contributed by atoms with E-state index < -0.39 is 16.6 Å². The summed E-state index contributed by atoms with van der Waals surface area (Å²) in [6, 6.07) is 18.6. The molecule has 3 aromatic rings. The highest BCUT2D eigenvalue weighted by molar-refractivity contribution is 7.80. The Bertz CT molecular complexity index is 1130. The van der Waals surface area contributed by atoms with Crippen LogP contribution in [-0.4, -0.2) is 29.2 Å². The van der Waals surface area contributed by atoms with Crippen molar-refractivity contribution in [3.05, 3.63) is 94.3 Å². The number of carbonyl (C=O) groups is 1. The molecule has 3 aromatic carbocycles. The minimum atomic E-state index is -0.750. The number of hydrogen-bond acceptors (Lipinski definition) is 6. The molecule has 10 heteroatoms. The number of nitrogens with zero attached hydrogens (tertiary/aromatic N) is 1. The van der Waals surface area contributed by atoms with Crippen LogP contribution in [-0.2, 0) is 0 Å². The van der Waals surface area contributed by atoms with Gasteiger partial charge < -0.3 is 14.8 Å². The summed E-state index contributed by atoms with van der Waals surface area (Å²) in [6.45, 7) is 0.592. The molecule has 1 amide bonds. The van der Waals surface area contributed by atoms with Gasteiger partial charge in [0.15, 0.2) is 5.11 Å². The molecular formula is C22H18FN3O5S. The van der Waals surface area contributed by atoms with Crippen molar-refractivity contribution in [2.45, 2.75) is 0 Å². The number of para-hydroxylation sites is 1. The number of nitro groups is 1. The summed E-state index contributed by atoms with van der Waals surface area (Å²) in [7, 11) is 0. The maximum Gasteiger partial charge on any atom is 0.271 e. The summed E-state index contributed by atoms with van der Waals surface area (Å²) in [5.41, 5.74) is -0.278. The van der Waals surface area contributed by atoms with E-state index in [4.69, 9.17) is 21.7 Å². The zero-order chi connectivity index (χ0) is 22.9. The molecule has 3 rings (SSSR count). The molecular weight excluding hydrogens is 437 g/mol. The number of thiocarbonyl (C=S) groups is 1. The lowest BCUT2D eigenvalue weighted by Crippen LogP contribution is -2.34. The number of rotatable bonds is 8. The van der Waals surface area contributed by atoms with E-state index in [1.54, 1.807) is 18.2 Å². The lowest BCUT2D eigenvalue weighted by atomic mass is 10.2. The van der Waals surface area contributed by atoms with E-state index in [9.17, 15) is 19.3 Å². The molecule has 2 N–H and O–H groups in total. The van der Waals surface area contributed by atoms with Crippen molar-refractivity contribution in [2.75, 3.05) is 18.5 Å². The molecule has 0 aliphatic heterocycles. The topological polar surface area (TPSA) is 103 Å². The van der Waals surface area contributed by atoms with Crippen LogP contribution in [0.3, 0.4) is 0 Å². The van der Waals surface area contributed by atoms with E-state index in [-0.39, 0.29) is 28.7 Å². The number of carbonyl (C=O) groups excluding carboxylic acids is 1. The minimum absolute atomic E-state index is 0.211. The number of anilines is 1. The molecule has 0 fully saturated rings. The van der Waals surface area contributed by atoms with Crippen molar-refractivity contribution in [2.24, 2.45) is 0 Å². The molecule has 0 atom stereocenters. The van der Waals surface area contributed by atoms with E-state index in [2.05, 4.69) is 10.6 Å². The number of hydrogen-bond donors (Lipinski definition) is 2. The third-order valence-corrected chi connectivity index (χ3v) is 4.30. The fourth-order valence-corrected chi connectivity index (χ4v) is 2.82. The third-order valence-electron chi connectivity index (χ3n) is 4.10. The highest BCUT2D eigenvalue weighted by Crippen LogP contribution is 2.21. The predicted molar refractivity (Wildman–Crippen MR) is 121 cm³/mol. The summed E-state index contributed by atoms with van der Waals surface area (Å²) in [5, 5.41) is 15.5. The van der Waals surface area contributed by atoms with E-state index in [0.29, 0.717) is 12.4 Å². The first-order valence-electron chi connectivity index (χ1n) is 9.39.